The van der Waals surface area contributed by atoms with E-state index in [9.17, 15) is 9.00 Å². The molecule has 4 aliphatic carbocycles. The number of rotatable bonds is 7. The average Bonchev–Trinajstić information content (AvgIpc) is 2.59. The summed E-state index contributed by atoms with van der Waals surface area (Å²) in [5.74, 6) is 2.87. The molecule has 1 N–H and O–H groups in total. The van der Waals surface area contributed by atoms with E-state index in [0.29, 0.717) is 5.75 Å². The van der Waals surface area contributed by atoms with Gasteiger partial charge in [-0.15, -0.1) is 11.8 Å². The first kappa shape index (κ1) is 20.2. The minimum atomic E-state index is -2.33. The van der Waals surface area contributed by atoms with E-state index in [0.717, 1.165) is 22.6 Å². The molecule has 0 aromatic heterocycles. The Hall–Kier alpha value is -1.05. The van der Waals surface area contributed by atoms with Crippen LogP contribution in [0.5, 0.6) is 5.75 Å². The number of benzene rings is 1. The number of hydrogen-bond donors (Lipinski definition) is 1. The second-order valence-corrected chi connectivity index (χ2v) is 10.9. The SMILES string of the molecule is CC(C)(OC(=O)CSc1ccc(OS(=O)O)cc1)C12CC3CC(CC(C3)C1)C2. The molecule has 7 heteroatoms. The summed E-state index contributed by atoms with van der Waals surface area (Å²) in [4.78, 5) is 13.5. The fraction of sp³-hybridized carbons (Fsp3) is 0.667. The van der Waals surface area contributed by atoms with Crippen molar-refractivity contribution in [1.29, 1.82) is 0 Å². The molecule has 1 aromatic carbocycles. The summed E-state index contributed by atoms with van der Waals surface area (Å²) in [5.41, 5.74) is -0.273. The van der Waals surface area contributed by atoms with E-state index in [-0.39, 0.29) is 17.1 Å². The minimum absolute atomic E-state index is 0.154. The zero-order chi connectivity index (χ0) is 19.9. The summed E-state index contributed by atoms with van der Waals surface area (Å²) < 4.78 is 30.2. The molecule has 28 heavy (non-hydrogen) atoms. The number of esters is 1. The monoisotopic (exact) mass is 424 g/mol. The lowest BCUT2D eigenvalue weighted by Crippen LogP contribution is -2.57. The molecule has 1 aromatic rings. The van der Waals surface area contributed by atoms with Gasteiger partial charge in [-0.2, -0.15) is 4.21 Å². The first-order valence-electron chi connectivity index (χ1n) is 9.99. The van der Waals surface area contributed by atoms with Crippen LogP contribution in [-0.4, -0.2) is 26.1 Å². The van der Waals surface area contributed by atoms with Gasteiger partial charge in [-0.25, -0.2) is 0 Å². The van der Waals surface area contributed by atoms with E-state index in [1.165, 1.54) is 50.3 Å². The van der Waals surface area contributed by atoms with Crippen molar-refractivity contribution in [2.45, 2.75) is 62.9 Å². The van der Waals surface area contributed by atoms with Crippen LogP contribution in [-0.2, 0) is 20.9 Å². The van der Waals surface area contributed by atoms with E-state index in [1.54, 1.807) is 24.3 Å². The van der Waals surface area contributed by atoms with Gasteiger partial charge in [0, 0.05) is 10.3 Å². The van der Waals surface area contributed by atoms with Crippen molar-refractivity contribution in [3.8, 4) is 5.75 Å². The molecule has 4 aliphatic rings. The lowest BCUT2D eigenvalue weighted by molar-refractivity contribution is -0.196. The lowest BCUT2D eigenvalue weighted by Gasteiger charge is -2.61. The van der Waals surface area contributed by atoms with Crippen LogP contribution in [0.1, 0.15) is 52.4 Å². The maximum atomic E-state index is 12.6. The van der Waals surface area contributed by atoms with Gasteiger partial charge >= 0.3 is 17.3 Å². The van der Waals surface area contributed by atoms with Gasteiger partial charge in [0.1, 0.15) is 11.4 Å². The lowest BCUT2D eigenvalue weighted by atomic mass is 9.46. The molecule has 0 radical (unpaired) electrons. The van der Waals surface area contributed by atoms with E-state index >= 15 is 0 Å². The average molecular weight is 425 g/mol. The minimum Gasteiger partial charge on any atom is -0.458 e. The van der Waals surface area contributed by atoms with Gasteiger partial charge in [0.2, 0.25) is 0 Å². The molecule has 0 heterocycles. The van der Waals surface area contributed by atoms with Crippen LogP contribution < -0.4 is 4.18 Å². The van der Waals surface area contributed by atoms with Gasteiger partial charge in [0.25, 0.3) is 0 Å². The third-order valence-corrected chi connectivity index (χ3v) is 8.35. The van der Waals surface area contributed by atoms with Crippen LogP contribution in [0.25, 0.3) is 0 Å². The molecule has 0 saturated heterocycles. The van der Waals surface area contributed by atoms with Crippen molar-refractivity contribution >= 4 is 29.1 Å². The van der Waals surface area contributed by atoms with Crippen molar-refractivity contribution in [2.75, 3.05) is 5.75 Å². The van der Waals surface area contributed by atoms with Gasteiger partial charge in [-0.1, -0.05) is 0 Å². The highest BCUT2D eigenvalue weighted by molar-refractivity contribution is 8.00. The van der Waals surface area contributed by atoms with E-state index in [1.807, 2.05) is 0 Å². The van der Waals surface area contributed by atoms with Gasteiger partial charge in [-0.3, -0.25) is 9.35 Å². The summed E-state index contributed by atoms with van der Waals surface area (Å²) in [5, 5.41) is 0. The van der Waals surface area contributed by atoms with Crippen LogP contribution >= 0.6 is 11.8 Å². The highest BCUT2D eigenvalue weighted by Crippen LogP contribution is 2.64. The molecule has 5 rings (SSSR count). The van der Waals surface area contributed by atoms with Gasteiger partial charge in [0.15, 0.2) is 0 Å². The molecular formula is C21H28O5S2. The van der Waals surface area contributed by atoms with Crippen LogP contribution in [0.4, 0.5) is 0 Å². The third kappa shape index (κ3) is 4.12. The summed E-state index contributed by atoms with van der Waals surface area (Å²) in [6.45, 7) is 4.23. The Bertz CT molecular complexity index is 723. The summed E-state index contributed by atoms with van der Waals surface area (Å²) in [6, 6.07) is 6.76. The quantitative estimate of drug-likeness (QED) is 0.384. The van der Waals surface area contributed by atoms with Gasteiger partial charge < -0.3 is 8.92 Å². The fourth-order valence-corrected chi connectivity index (χ4v) is 7.03. The van der Waals surface area contributed by atoms with Crippen LogP contribution in [0.2, 0.25) is 0 Å². The molecule has 1 unspecified atom stereocenters. The summed E-state index contributed by atoms with van der Waals surface area (Å²) in [7, 11) is 0. The normalized spacial score (nSPS) is 32.2. The Morgan fingerprint density at radius 3 is 2.18 bits per heavy atom. The number of carbonyl (C=O) groups excluding carboxylic acids is 1. The maximum absolute atomic E-state index is 12.6. The summed E-state index contributed by atoms with van der Waals surface area (Å²) in [6.07, 6.45) is 7.76. The first-order valence-corrected chi connectivity index (χ1v) is 12.0. The molecular weight excluding hydrogens is 396 g/mol. The van der Waals surface area contributed by atoms with E-state index in [2.05, 4.69) is 13.8 Å². The van der Waals surface area contributed by atoms with Crippen molar-refractivity contribution in [3.63, 3.8) is 0 Å². The van der Waals surface area contributed by atoms with Crippen LogP contribution in [0.3, 0.4) is 0 Å². The standard InChI is InChI=1S/C21H28O5S2/c1-20(2,21-10-14-7-15(11-21)9-16(8-14)12-21)25-19(22)13-27-18-5-3-17(4-6-18)26-28(23)24/h3-6,14-16H,7-13H2,1-2H3,(H,23,24). The van der Waals surface area contributed by atoms with Crippen molar-refractivity contribution in [1.82, 2.24) is 0 Å². The smallest absolute Gasteiger partial charge is 0.357 e. The van der Waals surface area contributed by atoms with E-state index in [4.69, 9.17) is 13.5 Å². The predicted molar refractivity (Wildman–Crippen MR) is 109 cm³/mol. The van der Waals surface area contributed by atoms with Crippen LogP contribution in [0.15, 0.2) is 29.2 Å². The molecule has 1 atom stereocenters. The van der Waals surface area contributed by atoms with E-state index < -0.39 is 17.0 Å². The number of carbonyl (C=O) groups is 1. The van der Waals surface area contributed by atoms with Crippen molar-refractivity contribution < 1.29 is 22.5 Å². The largest absolute Gasteiger partial charge is 0.458 e. The zero-order valence-corrected chi connectivity index (χ0v) is 18.0. The molecule has 0 aliphatic heterocycles. The molecule has 5 nitrogen and oxygen atoms in total. The van der Waals surface area contributed by atoms with Crippen molar-refractivity contribution in [3.05, 3.63) is 24.3 Å². The third-order valence-electron chi connectivity index (χ3n) is 7.03. The zero-order valence-electron chi connectivity index (χ0n) is 16.4. The molecule has 4 fully saturated rings. The first-order chi connectivity index (χ1) is 13.2. The Morgan fingerprint density at radius 2 is 1.68 bits per heavy atom. The Balaban J connectivity index is 1.34. The fourth-order valence-electron chi connectivity index (χ4n) is 6.09. The molecule has 0 amide bonds. The number of hydrogen-bond acceptors (Lipinski definition) is 5. The highest BCUT2D eigenvalue weighted by atomic mass is 32.2. The number of ether oxygens (including phenoxy) is 1. The Labute approximate surface area is 173 Å². The molecule has 154 valence electrons. The number of thioether (sulfide) groups is 1. The second kappa shape index (κ2) is 7.65. The molecule has 0 spiro atoms. The Morgan fingerprint density at radius 1 is 1.14 bits per heavy atom. The predicted octanol–water partition coefficient (Wildman–Crippen LogP) is 4.83. The highest BCUT2D eigenvalue weighted by Gasteiger charge is 2.58. The second-order valence-electron chi connectivity index (χ2n) is 9.24. The topological polar surface area (TPSA) is 72.8 Å². The molecule has 4 bridgehead atoms. The Kier molecular flexibility index (Phi) is 5.53. The van der Waals surface area contributed by atoms with Gasteiger partial charge in [-0.05, 0) is 94.4 Å². The molecule has 4 saturated carbocycles. The summed E-state index contributed by atoms with van der Waals surface area (Å²) >= 11 is -0.926. The van der Waals surface area contributed by atoms with Gasteiger partial charge in [0.05, 0.1) is 5.75 Å². The van der Waals surface area contributed by atoms with Crippen LogP contribution in [0, 0.1) is 23.2 Å². The van der Waals surface area contributed by atoms with Crippen molar-refractivity contribution in [2.24, 2.45) is 23.2 Å². The maximum Gasteiger partial charge on any atom is 0.357 e.